The number of amides is 1. The van der Waals surface area contributed by atoms with Gasteiger partial charge in [0.05, 0.1) is 20.1 Å². The van der Waals surface area contributed by atoms with Gasteiger partial charge in [-0.2, -0.15) is 0 Å². The van der Waals surface area contributed by atoms with E-state index in [9.17, 15) is 4.79 Å². The highest BCUT2D eigenvalue weighted by Crippen LogP contribution is 2.28. The Balaban J connectivity index is 0.00000722. The maximum Gasteiger partial charge on any atom is 0.224 e. The molecule has 5 nitrogen and oxygen atoms in total. The largest absolute Gasteiger partial charge is 1.00 e. The van der Waals surface area contributed by atoms with Crippen LogP contribution in [0.3, 0.4) is 0 Å². The van der Waals surface area contributed by atoms with Crippen LogP contribution in [-0.4, -0.2) is 19.6 Å². The number of hydrogen-bond donors (Lipinski definition) is 1. The van der Waals surface area contributed by atoms with Gasteiger partial charge < -0.3 is 38.8 Å². The first kappa shape index (κ1) is 34.2. The van der Waals surface area contributed by atoms with Crippen molar-refractivity contribution >= 4 is 5.91 Å². The molecule has 1 amide bonds. The Morgan fingerprint density at radius 3 is 1.95 bits per heavy atom. The van der Waals surface area contributed by atoms with Crippen molar-refractivity contribution in [2.75, 3.05) is 13.7 Å². The number of rotatable bonds is 21. The second-order valence-corrected chi connectivity index (χ2v) is 10.1. The number of benzene rings is 1. The Bertz CT molecular complexity index is 874. The van der Waals surface area contributed by atoms with Gasteiger partial charge in [0, 0.05) is 25.1 Å². The van der Waals surface area contributed by atoms with Gasteiger partial charge in [-0.15, -0.1) is 0 Å². The lowest BCUT2D eigenvalue weighted by Crippen LogP contribution is -3.00. The van der Waals surface area contributed by atoms with Gasteiger partial charge >= 0.3 is 0 Å². The lowest BCUT2D eigenvalue weighted by molar-refractivity contribution is -0.697. The second-order valence-electron chi connectivity index (χ2n) is 10.1. The molecular weight excluding hydrogens is 587 g/mol. The molecule has 0 unspecified atom stereocenters. The van der Waals surface area contributed by atoms with Crippen molar-refractivity contribution in [1.82, 2.24) is 5.32 Å². The van der Waals surface area contributed by atoms with Gasteiger partial charge in [0.1, 0.15) is 6.54 Å². The van der Waals surface area contributed by atoms with E-state index < -0.39 is 0 Å². The summed E-state index contributed by atoms with van der Waals surface area (Å²) in [5.74, 6) is 1.43. The lowest BCUT2D eigenvalue weighted by atomic mass is 10.1. The average molecular weight is 639 g/mol. The second kappa shape index (κ2) is 22.0. The average Bonchev–Trinajstić information content (AvgIpc) is 2.91. The number of carbonyl (C=O) groups excluding carboxylic acids is 1. The monoisotopic (exact) mass is 638 g/mol. The lowest BCUT2D eigenvalue weighted by Gasteiger charge is -2.12. The quantitative estimate of drug-likeness (QED) is 0.126. The van der Waals surface area contributed by atoms with Crippen molar-refractivity contribution in [3.8, 4) is 11.5 Å². The predicted molar refractivity (Wildman–Crippen MR) is 152 cm³/mol. The van der Waals surface area contributed by atoms with Crippen LogP contribution >= 0.6 is 0 Å². The number of carbonyl (C=O) groups is 1. The molecule has 0 aliphatic heterocycles. The summed E-state index contributed by atoms with van der Waals surface area (Å²) in [5, 5.41) is 3.01. The topological polar surface area (TPSA) is 51.4 Å². The molecule has 1 heterocycles. The number of halogens is 1. The zero-order valence-electron chi connectivity index (χ0n) is 24.1. The summed E-state index contributed by atoms with van der Waals surface area (Å²) in [4.78, 5) is 12.5. The Labute approximate surface area is 249 Å². The van der Waals surface area contributed by atoms with E-state index in [1.54, 1.807) is 7.11 Å². The van der Waals surface area contributed by atoms with Crippen molar-refractivity contribution in [1.29, 1.82) is 0 Å². The molecule has 214 valence electrons. The molecule has 38 heavy (non-hydrogen) atoms. The number of nitrogens with zero attached hydrogens (tertiary/aromatic N) is 1. The van der Waals surface area contributed by atoms with E-state index in [1.165, 1.54) is 70.6 Å². The molecule has 0 saturated carbocycles. The molecule has 0 bridgehead atoms. The predicted octanol–water partition coefficient (Wildman–Crippen LogP) is 4.34. The molecule has 0 atom stereocenters. The number of pyridine rings is 1. The number of ether oxygens (including phenoxy) is 2. The fourth-order valence-electron chi connectivity index (χ4n) is 4.53. The molecule has 0 saturated heterocycles. The van der Waals surface area contributed by atoms with E-state index in [4.69, 9.17) is 9.47 Å². The highest BCUT2D eigenvalue weighted by molar-refractivity contribution is 5.78. The summed E-state index contributed by atoms with van der Waals surface area (Å²) < 4.78 is 13.7. The molecule has 0 aliphatic rings. The molecule has 1 aromatic heterocycles. The summed E-state index contributed by atoms with van der Waals surface area (Å²) in [6.45, 7) is 6.67. The Morgan fingerprint density at radius 2 is 1.37 bits per heavy atom. The van der Waals surface area contributed by atoms with Crippen molar-refractivity contribution < 1.29 is 42.8 Å². The van der Waals surface area contributed by atoms with Gasteiger partial charge in [0.15, 0.2) is 23.9 Å². The Hall–Kier alpha value is -1.83. The third-order valence-electron chi connectivity index (χ3n) is 6.78. The van der Waals surface area contributed by atoms with Gasteiger partial charge in [-0.1, -0.05) is 90.5 Å². The first-order valence-corrected chi connectivity index (χ1v) is 14.7. The first-order valence-electron chi connectivity index (χ1n) is 14.7. The summed E-state index contributed by atoms with van der Waals surface area (Å²) in [6, 6.07) is 9.90. The molecule has 2 rings (SSSR count). The van der Waals surface area contributed by atoms with Crippen molar-refractivity contribution in [3.05, 3.63) is 53.9 Å². The summed E-state index contributed by atoms with van der Waals surface area (Å²) in [6.07, 6.45) is 21.5. The highest BCUT2D eigenvalue weighted by atomic mass is 127. The standard InChI is InChI=1S/C32H50N2O3.HI/c1-4-6-7-8-9-10-11-12-13-14-15-16-24-37-30-18-17-29(25-31(30)36-3)26-32(35)33-27-28-19-22-34(21-5-2)23-20-28;/h17-20,22-23,25H,4-16,21,24,26-27H2,1-3H3;1H. The van der Waals surface area contributed by atoms with Crippen molar-refractivity contribution in [2.45, 2.75) is 117 Å². The number of hydrogen-bond acceptors (Lipinski definition) is 3. The smallest absolute Gasteiger partial charge is 0.224 e. The molecule has 6 heteroatoms. The van der Waals surface area contributed by atoms with Gasteiger partial charge in [-0.3, -0.25) is 4.79 Å². The van der Waals surface area contributed by atoms with E-state index in [1.807, 2.05) is 18.2 Å². The summed E-state index contributed by atoms with van der Waals surface area (Å²) in [5.41, 5.74) is 2.01. The maximum atomic E-state index is 12.5. The van der Waals surface area contributed by atoms with E-state index in [2.05, 4.69) is 48.3 Å². The van der Waals surface area contributed by atoms with Crippen LogP contribution in [0, 0.1) is 0 Å². The van der Waals surface area contributed by atoms with Gasteiger partial charge in [-0.25, -0.2) is 4.57 Å². The van der Waals surface area contributed by atoms with Crippen molar-refractivity contribution in [3.63, 3.8) is 0 Å². The third kappa shape index (κ3) is 14.9. The van der Waals surface area contributed by atoms with Crippen LogP contribution in [0.2, 0.25) is 0 Å². The summed E-state index contributed by atoms with van der Waals surface area (Å²) in [7, 11) is 1.65. The zero-order valence-corrected chi connectivity index (χ0v) is 26.3. The minimum Gasteiger partial charge on any atom is -1.00 e. The SMILES string of the molecule is CCCCCCCCCCCCCCOc1ccc(CC(=O)NCc2cc[n+](CCC)cc2)cc1OC.[I-]. The molecule has 0 spiro atoms. The van der Waals surface area contributed by atoms with Crippen LogP contribution < -0.4 is 43.3 Å². The van der Waals surface area contributed by atoms with Crippen LogP contribution in [0.25, 0.3) is 0 Å². The molecule has 0 fully saturated rings. The summed E-state index contributed by atoms with van der Waals surface area (Å²) >= 11 is 0. The minimum absolute atomic E-state index is 0. The van der Waals surface area contributed by atoms with Crippen LogP contribution in [0.4, 0.5) is 0 Å². The van der Waals surface area contributed by atoms with Crippen LogP contribution in [0.15, 0.2) is 42.7 Å². The van der Waals surface area contributed by atoms with Crippen molar-refractivity contribution in [2.24, 2.45) is 0 Å². The van der Waals surface area contributed by atoms with E-state index >= 15 is 0 Å². The van der Waals surface area contributed by atoms with Crippen LogP contribution in [0.5, 0.6) is 11.5 Å². The van der Waals surface area contributed by atoms with Gasteiger partial charge in [0.2, 0.25) is 5.91 Å². The Kier molecular flexibility index (Phi) is 19.8. The van der Waals surface area contributed by atoms with E-state index in [-0.39, 0.29) is 29.9 Å². The molecule has 1 aromatic carbocycles. The normalized spacial score (nSPS) is 10.6. The van der Waals surface area contributed by atoms with Gasteiger partial charge in [-0.05, 0) is 29.7 Å². The number of nitrogens with one attached hydrogen (secondary N) is 1. The van der Waals surface area contributed by atoms with Crippen LogP contribution in [0.1, 0.15) is 108 Å². The molecule has 0 radical (unpaired) electrons. The fourth-order valence-corrected chi connectivity index (χ4v) is 4.53. The first-order chi connectivity index (χ1) is 18.2. The highest BCUT2D eigenvalue weighted by Gasteiger charge is 2.10. The zero-order chi connectivity index (χ0) is 26.6. The van der Waals surface area contributed by atoms with Crippen LogP contribution in [-0.2, 0) is 24.3 Å². The minimum atomic E-state index is -0.00231. The number of aromatic nitrogens is 1. The fraction of sp³-hybridized carbons (Fsp3) is 0.625. The van der Waals surface area contributed by atoms with Gasteiger partial charge in [0.25, 0.3) is 0 Å². The molecule has 0 aliphatic carbocycles. The molecule has 2 aromatic rings. The van der Waals surface area contributed by atoms with E-state index in [0.29, 0.717) is 25.3 Å². The number of methoxy groups -OCH3 is 1. The number of unbranched alkanes of at least 4 members (excludes halogenated alkanes) is 11. The number of aryl methyl sites for hydroxylation is 1. The third-order valence-corrected chi connectivity index (χ3v) is 6.78. The van der Waals surface area contributed by atoms with E-state index in [0.717, 1.165) is 36.3 Å². The Morgan fingerprint density at radius 1 is 0.763 bits per heavy atom. The molecule has 1 N–H and O–H groups in total. The molecular formula is C32H51IN2O3. The maximum absolute atomic E-state index is 12.5.